The van der Waals surface area contributed by atoms with E-state index in [2.05, 4.69) is 37.7 Å². The molecule has 9 nitrogen and oxygen atoms in total. The lowest BCUT2D eigenvalue weighted by molar-refractivity contribution is 0.272. The van der Waals surface area contributed by atoms with Crippen LogP contribution in [0.2, 0.25) is 5.02 Å². The minimum Gasteiger partial charge on any atom is -0.458 e. The second-order valence-electron chi connectivity index (χ2n) is 6.52. The number of hydrogen-bond acceptors (Lipinski definition) is 7. The Labute approximate surface area is 172 Å². The molecule has 0 fully saturated rings. The molecule has 0 bridgehead atoms. The molecule has 0 spiro atoms. The molecule has 4 aromatic rings. The summed E-state index contributed by atoms with van der Waals surface area (Å²) in [4.78, 5) is 9.16. The normalized spacial score (nSPS) is 11.1. The Hall–Kier alpha value is -3.20. The molecule has 10 heteroatoms. The first kappa shape index (κ1) is 19.1. The number of nitrogens with zero attached hydrogens (tertiary/aromatic N) is 7. The molecule has 1 aromatic carbocycles. The number of para-hydroxylation sites is 1. The van der Waals surface area contributed by atoms with Crippen molar-refractivity contribution >= 4 is 28.5 Å². The SMILES string of the molecule is CCCCNc1cccc(COc2nc3c(Cl)cccc3n2-c2nnnn2C)n1. The number of unbranched alkanes of at least 4 members (excludes halogenated alkanes) is 1. The molecule has 0 aliphatic carbocycles. The predicted molar refractivity (Wildman–Crippen MR) is 110 cm³/mol. The largest absolute Gasteiger partial charge is 0.458 e. The number of aryl methyl sites for hydroxylation is 1. The van der Waals surface area contributed by atoms with Gasteiger partial charge in [0, 0.05) is 13.6 Å². The van der Waals surface area contributed by atoms with Gasteiger partial charge in [-0.3, -0.25) is 0 Å². The minimum absolute atomic E-state index is 0.246. The molecule has 29 heavy (non-hydrogen) atoms. The molecule has 0 radical (unpaired) electrons. The molecule has 1 N–H and O–H groups in total. The van der Waals surface area contributed by atoms with E-state index in [0.717, 1.165) is 36.4 Å². The van der Waals surface area contributed by atoms with Crippen LogP contribution in [0.25, 0.3) is 17.0 Å². The summed E-state index contributed by atoms with van der Waals surface area (Å²) in [5, 5.41) is 15.6. The summed E-state index contributed by atoms with van der Waals surface area (Å²) >= 11 is 6.33. The summed E-state index contributed by atoms with van der Waals surface area (Å²) in [5.74, 6) is 1.31. The van der Waals surface area contributed by atoms with Crippen LogP contribution in [-0.2, 0) is 13.7 Å². The molecule has 0 atom stereocenters. The third-order valence-electron chi connectivity index (χ3n) is 4.40. The van der Waals surface area contributed by atoms with Gasteiger partial charge in [0.1, 0.15) is 17.9 Å². The number of fused-ring (bicyclic) bond motifs is 1. The number of halogens is 1. The molecule has 150 valence electrons. The van der Waals surface area contributed by atoms with Crippen molar-refractivity contribution < 1.29 is 4.74 Å². The Bertz CT molecular complexity index is 1120. The monoisotopic (exact) mass is 412 g/mol. The first-order valence-corrected chi connectivity index (χ1v) is 9.77. The Morgan fingerprint density at radius 1 is 1.14 bits per heavy atom. The average Bonchev–Trinajstić information content (AvgIpc) is 3.30. The van der Waals surface area contributed by atoms with E-state index in [1.165, 1.54) is 0 Å². The van der Waals surface area contributed by atoms with E-state index in [1.807, 2.05) is 30.3 Å². The van der Waals surface area contributed by atoms with Crippen molar-refractivity contribution in [2.75, 3.05) is 11.9 Å². The number of anilines is 1. The maximum atomic E-state index is 6.33. The van der Waals surface area contributed by atoms with Gasteiger partial charge in [0.05, 0.1) is 16.2 Å². The molecule has 0 aliphatic heterocycles. The molecule has 0 amide bonds. The minimum atomic E-state index is 0.246. The van der Waals surface area contributed by atoms with E-state index in [-0.39, 0.29) is 6.61 Å². The molecule has 0 aliphatic rings. The summed E-state index contributed by atoms with van der Waals surface area (Å²) in [7, 11) is 1.75. The van der Waals surface area contributed by atoms with Crippen LogP contribution in [-0.4, -0.2) is 41.3 Å². The zero-order valence-corrected chi connectivity index (χ0v) is 17.0. The van der Waals surface area contributed by atoms with Gasteiger partial charge in [0.2, 0.25) is 0 Å². The number of ether oxygens (including phenoxy) is 1. The van der Waals surface area contributed by atoms with Crippen LogP contribution in [0.1, 0.15) is 25.5 Å². The molecule has 3 aromatic heterocycles. The van der Waals surface area contributed by atoms with Gasteiger partial charge in [0.15, 0.2) is 0 Å². The van der Waals surface area contributed by atoms with Crippen LogP contribution in [0.3, 0.4) is 0 Å². The van der Waals surface area contributed by atoms with Crippen LogP contribution in [0.4, 0.5) is 5.82 Å². The van der Waals surface area contributed by atoms with Crippen molar-refractivity contribution in [1.29, 1.82) is 0 Å². The summed E-state index contributed by atoms with van der Waals surface area (Å²) in [5.41, 5.74) is 2.16. The molecule has 4 rings (SSSR count). The van der Waals surface area contributed by atoms with Crippen LogP contribution in [0.15, 0.2) is 36.4 Å². The van der Waals surface area contributed by atoms with Crippen molar-refractivity contribution in [3.63, 3.8) is 0 Å². The van der Waals surface area contributed by atoms with E-state index in [0.29, 0.717) is 22.5 Å². The van der Waals surface area contributed by atoms with Crippen molar-refractivity contribution in [3.8, 4) is 12.0 Å². The van der Waals surface area contributed by atoms with Crippen LogP contribution in [0, 0.1) is 0 Å². The molecule has 3 heterocycles. The summed E-state index contributed by atoms with van der Waals surface area (Å²) in [6, 6.07) is 11.7. The standard InChI is InChI=1S/C19H21ClN8O/c1-3-4-11-21-16-10-5-7-13(22-16)12-29-19-23-17-14(20)8-6-9-15(17)28(19)18-24-25-26-27(18)2/h5-10H,3-4,11-12H2,1-2H3,(H,21,22). The number of tetrazole rings is 1. The van der Waals surface area contributed by atoms with Gasteiger partial charge in [-0.1, -0.05) is 42.2 Å². The number of nitrogens with one attached hydrogen (secondary N) is 1. The Morgan fingerprint density at radius 2 is 2.00 bits per heavy atom. The molecule has 0 saturated carbocycles. The van der Waals surface area contributed by atoms with E-state index >= 15 is 0 Å². The van der Waals surface area contributed by atoms with Crippen molar-refractivity contribution in [2.45, 2.75) is 26.4 Å². The van der Waals surface area contributed by atoms with Crippen molar-refractivity contribution in [2.24, 2.45) is 7.05 Å². The zero-order valence-electron chi connectivity index (χ0n) is 16.2. The number of rotatable bonds is 8. The first-order valence-electron chi connectivity index (χ1n) is 9.39. The van der Waals surface area contributed by atoms with Crippen LogP contribution in [0.5, 0.6) is 6.01 Å². The second kappa shape index (κ2) is 8.44. The second-order valence-corrected chi connectivity index (χ2v) is 6.93. The highest BCUT2D eigenvalue weighted by molar-refractivity contribution is 6.35. The quantitative estimate of drug-likeness (QED) is 0.443. The van der Waals surface area contributed by atoms with Gasteiger partial charge in [-0.2, -0.15) is 4.98 Å². The van der Waals surface area contributed by atoms with Crippen molar-refractivity contribution in [3.05, 3.63) is 47.1 Å². The maximum Gasteiger partial charge on any atom is 0.305 e. The summed E-state index contributed by atoms with van der Waals surface area (Å²) < 4.78 is 9.30. The molecular weight excluding hydrogens is 392 g/mol. The fraction of sp³-hybridized carbons (Fsp3) is 0.316. The lowest BCUT2D eigenvalue weighted by Gasteiger charge is -2.09. The third-order valence-corrected chi connectivity index (χ3v) is 4.70. The zero-order chi connectivity index (χ0) is 20.2. The Balaban J connectivity index is 1.63. The van der Waals surface area contributed by atoms with Crippen LogP contribution < -0.4 is 10.1 Å². The van der Waals surface area contributed by atoms with Crippen LogP contribution >= 0.6 is 11.6 Å². The van der Waals surface area contributed by atoms with Gasteiger partial charge in [-0.25, -0.2) is 14.2 Å². The first-order chi connectivity index (χ1) is 14.2. The molecule has 0 unspecified atom stereocenters. The number of hydrogen-bond donors (Lipinski definition) is 1. The highest BCUT2D eigenvalue weighted by atomic mass is 35.5. The maximum absolute atomic E-state index is 6.33. The molecular formula is C19H21ClN8O. The number of aromatic nitrogens is 7. The van der Waals surface area contributed by atoms with Crippen molar-refractivity contribution in [1.82, 2.24) is 34.7 Å². The van der Waals surface area contributed by atoms with E-state index in [9.17, 15) is 0 Å². The highest BCUT2D eigenvalue weighted by Crippen LogP contribution is 2.29. The summed E-state index contributed by atoms with van der Waals surface area (Å²) in [6.07, 6.45) is 2.23. The predicted octanol–water partition coefficient (Wildman–Crippen LogP) is 3.39. The lowest BCUT2D eigenvalue weighted by Crippen LogP contribution is -2.09. The third kappa shape index (κ3) is 4.00. The fourth-order valence-electron chi connectivity index (χ4n) is 2.94. The van der Waals surface area contributed by atoms with E-state index in [1.54, 1.807) is 22.4 Å². The van der Waals surface area contributed by atoms with Gasteiger partial charge in [0.25, 0.3) is 5.95 Å². The molecule has 0 saturated heterocycles. The van der Waals surface area contributed by atoms with E-state index < -0.39 is 0 Å². The van der Waals surface area contributed by atoms with Gasteiger partial charge in [-0.15, -0.1) is 0 Å². The topological polar surface area (TPSA) is 95.6 Å². The number of imidazole rings is 1. The number of benzene rings is 1. The summed E-state index contributed by atoms with van der Waals surface area (Å²) in [6.45, 7) is 3.29. The van der Waals surface area contributed by atoms with E-state index in [4.69, 9.17) is 16.3 Å². The average molecular weight is 413 g/mol. The highest BCUT2D eigenvalue weighted by Gasteiger charge is 2.19. The smallest absolute Gasteiger partial charge is 0.305 e. The fourth-order valence-corrected chi connectivity index (χ4v) is 3.15. The Kier molecular flexibility index (Phi) is 5.57. The number of pyridine rings is 1. The van der Waals surface area contributed by atoms with Gasteiger partial charge < -0.3 is 10.1 Å². The lowest BCUT2D eigenvalue weighted by atomic mass is 10.3. The van der Waals surface area contributed by atoms with Gasteiger partial charge in [-0.05, 0) is 41.1 Å². The Morgan fingerprint density at radius 3 is 2.79 bits per heavy atom. The van der Waals surface area contributed by atoms with Gasteiger partial charge >= 0.3 is 6.01 Å².